The molecule has 0 fully saturated rings. The van der Waals surface area contributed by atoms with Gasteiger partial charge in [-0.15, -0.1) is 0 Å². The smallest absolute Gasteiger partial charge is 0.251 e. The molecule has 0 unspecified atom stereocenters. The van der Waals surface area contributed by atoms with E-state index in [1.54, 1.807) is 6.08 Å². The molecule has 3 aromatic rings. The molecule has 0 aliphatic rings. The van der Waals surface area contributed by atoms with E-state index in [4.69, 9.17) is 0 Å². The quantitative estimate of drug-likeness (QED) is 0.694. The summed E-state index contributed by atoms with van der Waals surface area (Å²) in [5.74, 6) is -0.153. The predicted molar refractivity (Wildman–Crippen MR) is 106 cm³/mol. The average molecular weight is 346 g/mol. The van der Waals surface area contributed by atoms with Crippen molar-refractivity contribution in [2.75, 3.05) is 6.54 Å². The second-order valence-corrected chi connectivity index (χ2v) is 6.45. The zero-order valence-corrected chi connectivity index (χ0v) is 15.0. The number of aryl methyl sites for hydroxylation is 1. The van der Waals surface area contributed by atoms with Crippen molar-refractivity contribution < 1.29 is 4.79 Å². The normalized spacial score (nSPS) is 11.5. The van der Waals surface area contributed by atoms with Crippen LogP contribution in [0.4, 0.5) is 0 Å². The molecule has 132 valence electrons. The summed E-state index contributed by atoms with van der Waals surface area (Å²) >= 11 is 0. The number of carbonyl (C=O) groups excluding carboxylic acids is 1. The Hall–Kier alpha value is -3.14. The van der Waals surface area contributed by atoms with Crippen LogP contribution in [0.1, 0.15) is 23.6 Å². The molecule has 2 N–H and O–H groups in total. The number of allylic oxidation sites excluding steroid dienone is 1. The van der Waals surface area contributed by atoms with Crippen molar-refractivity contribution in [3.8, 4) is 0 Å². The molecule has 1 heterocycles. The van der Waals surface area contributed by atoms with Crippen LogP contribution < -0.4 is 10.9 Å². The number of hydrogen-bond donors (Lipinski definition) is 2. The zero-order chi connectivity index (χ0) is 18.5. The van der Waals surface area contributed by atoms with Gasteiger partial charge < -0.3 is 10.3 Å². The maximum atomic E-state index is 12.2. The summed E-state index contributed by atoms with van der Waals surface area (Å²) in [6, 6.07) is 17.6. The van der Waals surface area contributed by atoms with Crippen molar-refractivity contribution in [2.45, 2.75) is 20.3 Å². The minimum Gasteiger partial charge on any atom is -0.352 e. The van der Waals surface area contributed by atoms with Crippen LogP contribution >= 0.6 is 0 Å². The Kier molecular flexibility index (Phi) is 5.32. The minimum atomic E-state index is -0.153. The Morgan fingerprint density at radius 3 is 2.65 bits per heavy atom. The summed E-state index contributed by atoms with van der Waals surface area (Å²) in [5.41, 5.74) is 4.46. The minimum absolute atomic E-state index is 0.105. The van der Waals surface area contributed by atoms with Crippen LogP contribution in [0.15, 0.2) is 65.5 Å². The first-order valence-corrected chi connectivity index (χ1v) is 8.67. The molecule has 3 rings (SSSR count). The van der Waals surface area contributed by atoms with Gasteiger partial charge in [0.05, 0.1) is 0 Å². The third kappa shape index (κ3) is 4.28. The fourth-order valence-electron chi connectivity index (χ4n) is 2.91. The molecule has 0 spiro atoms. The third-order valence-corrected chi connectivity index (χ3v) is 4.35. The first kappa shape index (κ1) is 17.7. The summed E-state index contributed by atoms with van der Waals surface area (Å²) in [6.45, 7) is 4.34. The molecule has 4 nitrogen and oxygen atoms in total. The Morgan fingerprint density at radius 1 is 1.12 bits per heavy atom. The van der Waals surface area contributed by atoms with Gasteiger partial charge in [-0.1, -0.05) is 42.0 Å². The summed E-state index contributed by atoms with van der Waals surface area (Å²) in [5, 5.41) is 3.86. The van der Waals surface area contributed by atoms with Crippen molar-refractivity contribution in [2.24, 2.45) is 0 Å². The summed E-state index contributed by atoms with van der Waals surface area (Å²) < 4.78 is 0. The molecule has 4 heteroatoms. The Morgan fingerprint density at radius 2 is 1.88 bits per heavy atom. The maximum Gasteiger partial charge on any atom is 0.251 e. The van der Waals surface area contributed by atoms with Crippen molar-refractivity contribution in [1.82, 2.24) is 10.3 Å². The van der Waals surface area contributed by atoms with E-state index in [1.807, 2.05) is 68.4 Å². The highest BCUT2D eigenvalue weighted by molar-refractivity contribution is 5.94. The van der Waals surface area contributed by atoms with E-state index < -0.39 is 0 Å². The number of carbonyl (C=O) groups is 1. The summed E-state index contributed by atoms with van der Waals surface area (Å²) in [7, 11) is 0. The number of aromatic amines is 1. The number of benzene rings is 2. The molecule has 0 radical (unpaired) electrons. The fourth-order valence-corrected chi connectivity index (χ4v) is 2.91. The molecule has 1 amide bonds. The van der Waals surface area contributed by atoms with Crippen molar-refractivity contribution >= 4 is 22.4 Å². The Balaban J connectivity index is 1.64. The van der Waals surface area contributed by atoms with Crippen LogP contribution in [0.5, 0.6) is 0 Å². The molecule has 0 atom stereocenters. The van der Waals surface area contributed by atoms with Crippen LogP contribution in [-0.2, 0) is 11.2 Å². The van der Waals surface area contributed by atoms with Gasteiger partial charge in [-0.05, 0) is 55.0 Å². The molecule has 2 aromatic carbocycles. The molecule has 0 aliphatic carbocycles. The molecule has 0 saturated carbocycles. The lowest BCUT2D eigenvalue weighted by Gasteiger charge is -2.06. The molecular formula is C22H22N2O2. The van der Waals surface area contributed by atoms with Gasteiger partial charge in [-0.25, -0.2) is 0 Å². The van der Waals surface area contributed by atoms with E-state index >= 15 is 0 Å². The van der Waals surface area contributed by atoms with Crippen molar-refractivity contribution in [3.63, 3.8) is 0 Å². The molecule has 26 heavy (non-hydrogen) atoms. The Labute approximate surface area is 152 Å². The predicted octanol–water partition coefficient (Wildman–Crippen LogP) is 3.60. The summed E-state index contributed by atoms with van der Waals surface area (Å²) in [4.78, 5) is 27.2. The molecule has 0 bridgehead atoms. The largest absolute Gasteiger partial charge is 0.352 e. The van der Waals surface area contributed by atoms with Crippen LogP contribution in [0, 0.1) is 6.92 Å². The van der Waals surface area contributed by atoms with Crippen molar-refractivity contribution in [3.05, 3.63) is 87.7 Å². The lowest BCUT2D eigenvalue weighted by Crippen LogP contribution is -2.26. The average Bonchev–Trinajstić information content (AvgIpc) is 2.63. The SMILES string of the molecule is C/C(=C\C(=O)NCCc1cc2cc(C)ccc2[nH]c1=O)c1ccccc1. The van der Waals surface area contributed by atoms with Crippen LogP contribution in [0.2, 0.25) is 0 Å². The first-order chi connectivity index (χ1) is 12.5. The number of fused-ring (bicyclic) bond motifs is 1. The van der Waals surface area contributed by atoms with Crippen LogP contribution in [0.25, 0.3) is 16.5 Å². The highest BCUT2D eigenvalue weighted by Crippen LogP contribution is 2.14. The number of pyridine rings is 1. The van der Waals surface area contributed by atoms with Gasteiger partial charge >= 0.3 is 0 Å². The second-order valence-electron chi connectivity index (χ2n) is 6.45. The lowest BCUT2D eigenvalue weighted by molar-refractivity contribution is -0.116. The molecule has 0 saturated heterocycles. The van der Waals surface area contributed by atoms with Gasteiger partial charge in [0.2, 0.25) is 5.91 Å². The van der Waals surface area contributed by atoms with E-state index in [1.165, 1.54) is 0 Å². The number of rotatable bonds is 5. The number of H-pyrrole nitrogens is 1. The van der Waals surface area contributed by atoms with Gasteiger partial charge in [0, 0.05) is 23.7 Å². The third-order valence-electron chi connectivity index (χ3n) is 4.35. The van der Waals surface area contributed by atoms with Gasteiger partial charge in [-0.3, -0.25) is 9.59 Å². The van der Waals surface area contributed by atoms with E-state index in [2.05, 4.69) is 10.3 Å². The van der Waals surface area contributed by atoms with E-state index in [-0.39, 0.29) is 11.5 Å². The number of amides is 1. The first-order valence-electron chi connectivity index (χ1n) is 8.67. The highest BCUT2D eigenvalue weighted by Gasteiger charge is 2.05. The fraction of sp³-hybridized carbons (Fsp3) is 0.182. The number of nitrogens with one attached hydrogen (secondary N) is 2. The Bertz CT molecular complexity index is 1020. The monoisotopic (exact) mass is 346 g/mol. The van der Waals surface area contributed by atoms with E-state index in [0.29, 0.717) is 18.5 Å². The zero-order valence-electron chi connectivity index (χ0n) is 15.0. The topological polar surface area (TPSA) is 62.0 Å². The lowest BCUT2D eigenvalue weighted by atomic mass is 10.1. The molecular weight excluding hydrogens is 324 g/mol. The van der Waals surface area contributed by atoms with Gasteiger partial charge in [0.25, 0.3) is 5.56 Å². The maximum absolute atomic E-state index is 12.2. The standard InChI is InChI=1S/C22H22N2O2/c1-15-8-9-20-19(12-15)14-18(22(26)24-20)10-11-23-21(25)13-16(2)17-6-4-3-5-7-17/h3-9,12-14H,10-11H2,1-2H3,(H,23,25)(H,24,26)/b16-13+. The highest BCUT2D eigenvalue weighted by atomic mass is 16.1. The molecule has 1 aromatic heterocycles. The van der Waals surface area contributed by atoms with Crippen LogP contribution in [0.3, 0.4) is 0 Å². The molecule has 0 aliphatic heterocycles. The summed E-state index contributed by atoms with van der Waals surface area (Å²) in [6.07, 6.45) is 2.08. The van der Waals surface area contributed by atoms with Gasteiger partial charge in [-0.2, -0.15) is 0 Å². The van der Waals surface area contributed by atoms with Crippen LogP contribution in [-0.4, -0.2) is 17.4 Å². The second kappa shape index (κ2) is 7.83. The van der Waals surface area contributed by atoms with Gasteiger partial charge in [0.1, 0.15) is 0 Å². The van der Waals surface area contributed by atoms with Gasteiger partial charge in [0.15, 0.2) is 0 Å². The van der Waals surface area contributed by atoms with E-state index in [9.17, 15) is 9.59 Å². The number of aromatic nitrogens is 1. The van der Waals surface area contributed by atoms with E-state index in [0.717, 1.165) is 27.6 Å². The number of hydrogen-bond acceptors (Lipinski definition) is 2. The van der Waals surface area contributed by atoms with Crippen molar-refractivity contribution in [1.29, 1.82) is 0 Å².